The molecule has 1 N–H and O–H groups in total. The quantitative estimate of drug-likeness (QED) is 0.777. The van der Waals surface area contributed by atoms with Crippen LogP contribution < -0.4 is 4.74 Å². The molecule has 0 spiro atoms. The maximum absolute atomic E-state index is 10.6. The summed E-state index contributed by atoms with van der Waals surface area (Å²) in [5.41, 5.74) is 0. The molecule has 2 atom stereocenters. The van der Waals surface area contributed by atoms with Crippen molar-refractivity contribution in [3.05, 3.63) is 58.5 Å². The smallest absolute Gasteiger partial charge is 0.127 e. The van der Waals surface area contributed by atoms with Crippen molar-refractivity contribution in [1.29, 1.82) is 0 Å². The molecule has 0 aliphatic carbocycles. The van der Waals surface area contributed by atoms with Crippen LogP contribution in [0.25, 0.3) is 10.8 Å². The third-order valence-electron chi connectivity index (χ3n) is 4.70. The Bertz CT molecular complexity index is 858. The summed E-state index contributed by atoms with van der Waals surface area (Å²) >= 11 is 1.83. The van der Waals surface area contributed by atoms with Gasteiger partial charge in [-0.2, -0.15) is 0 Å². The summed E-state index contributed by atoms with van der Waals surface area (Å²) in [6.07, 6.45) is 3.79. The van der Waals surface area contributed by atoms with Gasteiger partial charge in [-0.05, 0) is 37.6 Å². The standard InChI is InChI=1S/C20H22N2O2S/c1-14-5-6-16(25-14)12-22-10-8-20(18(23)13-22)24-19-4-2-3-15-11-21-9-7-17(15)19/h2-7,9,11,18,20,23H,8,10,12-13H2,1H3/t18-,20-/m1/s1. The highest BCUT2D eigenvalue weighted by Gasteiger charge is 2.29. The molecule has 0 bridgehead atoms. The lowest BCUT2D eigenvalue weighted by atomic mass is 10.0. The molecule has 3 aromatic rings. The third kappa shape index (κ3) is 3.68. The van der Waals surface area contributed by atoms with E-state index < -0.39 is 6.10 Å². The second-order valence-electron chi connectivity index (χ2n) is 6.61. The van der Waals surface area contributed by atoms with Crippen LogP contribution in [0, 0.1) is 6.92 Å². The fourth-order valence-corrected chi connectivity index (χ4v) is 4.34. The first-order valence-electron chi connectivity index (χ1n) is 8.64. The Hall–Kier alpha value is -1.95. The zero-order valence-electron chi connectivity index (χ0n) is 14.3. The second kappa shape index (κ2) is 7.12. The van der Waals surface area contributed by atoms with Gasteiger partial charge in [-0.3, -0.25) is 9.88 Å². The Morgan fingerprint density at radius 3 is 3.00 bits per heavy atom. The number of β-amino-alcohol motifs (C(OH)–C–C–N with tert-alkyl or cyclic N) is 1. The molecule has 0 amide bonds. The predicted molar refractivity (Wildman–Crippen MR) is 101 cm³/mol. The summed E-state index contributed by atoms with van der Waals surface area (Å²) in [6.45, 7) is 4.62. The molecule has 1 fully saturated rings. The minimum atomic E-state index is -0.480. The molecule has 1 aliphatic rings. The number of aromatic nitrogens is 1. The highest BCUT2D eigenvalue weighted by atomic mass is 32.1. The molecule has 0 radical (unpaired) electrons. The van der Waals surface area contributed by atoms with Crippen molar-refractivity contribution >= 4 is 22.1 Å². The van der Waals surface area contributed by atoms with Gasteiger partial charge in [0.05, 0.1) is 0 Å². The number of likely N-dealkylation sites (tertiary alicyclic amines) is 1. The van der Waals surface area contributed by atoms with Crippen LogP contribution in [-0.2, 0) is 6.54 Å². The molecule has 1 aromatic carbocycles. The lowest BCUT2D eigenvalue weighted by Crippen LogP contribution is -2.48. The van der Waals surface area contributed by atoms with E-state index in [-0.39, 0.29) is 6.10 Å². The van der Waals surface area contributed by atoms with E-state index >= 15 is 0 Å². The maximum atomic E-state index is 10.6. The van der Waals surface area contributed by atoms with Crippen molar-refractivity contribution in [1.82, 2.24) is 9.88 Å². The molecule has 1 aliphatic heterocycles. The zero-order valence-corrected chi connectivity index (χ0v) is 15.1. The van der Waals surface area contributed by atoms with E-state index in [1.807, 2.05) is 41.8 Å². The molecular formula is C20H22N2O2S. The van der Waals surface area contributed by atoms with Crippen molar-refractivity contribution < 1.29 is 9.84 Å². The second-order valence-corrected chi connectivity index (χ2v) is 7.99. The van der Waals surface area contributed by atoms with Gasteiger partial charge < -0.3 is 9.84 Å². The Morgan fingerprint density at radius 2 is 2.20 bits per heavy atom. The van der Waals surface area contributed by atoms with Gasteiger partial charge in [-0.25, -0.2) is 0 Å². The number of fused-ring (bicyclic) bond motifs is 1. The molecule has 1 saturated heterocycles. The minimum absolute atomic E-state index is 0.167. The summed E-state index contributed by atoms with van der Waals surface area (Å²) in [4.78, 5) is 9.15. The average Bonchev–Trinajstić information content (AvgIpc) is 3.02. The summed E-state index contributed by atoms with van der Waals surface area (Å²) in [5.74, 6) is 0.825. The van der Waals surface area contributed by atoms with Crippen molar-refractivity contribution in [2.45, 2.75) is 32.1 Å². The Morgan fingerprint density at radius 1 is 1.28 bits per heavy atom. The van der Waals surface area contributed by atoms with E-state index in [1.54, 1.807) is 6.20 Å². The summed E-state index contributed by atoms with van der Waals surface area (Å²) in [7, 11) is 0. The van der Waals surface area contributed by atoms with E-state index in [0.29, 0.717) is 6.54 Å². The Labute approximate surface area is 151 Å². The normalized spacial score (nSPS) is 21.5. The molecule has 4 nitrogen and oxygen atoms in total. The number of rotatable bonds is 4. The fourth-order valence-electron chi connectivity index (χ4n) is 3.41. The van der Waals surface area contributed by atoms with Gasteiger partial charge in [0, 0.05) is 52.6 Å². The molecule has 130 valence electrons. The number of aliphatic hydroxyl groups is 1. The number of aryl methyl sites for hydroxylation is 1. The number of hydrogen-bond acceptors (Lipinski definition) is 5. The van der Waals surface area contributed by atoms with Gasteiger partial charge in [-0.1, -0.05) is 12.1 Å². The number of thiophene rings is 1. The van der Waals surface area contributed by atoms with Crippen LogP contribution in [-0.4, -0.2) is 40.3 Å². The summed E-state index contributed by atoms with van der Waals surface area (Å²) < 4.78 is 6.18. The lowest BCUT2D eigenvalue weighted by Gasteiger charge is -2.35. The van der Waals surface area contributed by atoms with Gasteiger partial charge >= 0.3 is 0 Å². The number of aliphatic hydroxyl groups excluding tert-OH is 1. The minimum Gasteiger partial charge on any atom is -0.487 e. The maximum Gasteiger partial charge on any atom is 0.127 e. The van der Waals surface area contributed by atoms with Crippen LogP contribution in [0.3, 0.4) is 0 Å². The van der Waals surface area contributed by atoms with Crippen LogP contribution in [0.1, 0.15) is 16.2 Å². The number of nitrogens with zero attached hydrogens (tertiary/aromatic N) is 2. The van der Waals surface area contributed by atoms with Gasteiger partial charge in [0.25, 0.3) is 0 Å². The number of benzene rings is 1. The van der Waals surface area contributed by atoms with E-state index in [0.717, 1.165) is 36.0 Å². The van der Waals surface area contributed by atoms with Gasteiger partial charge in [0.1, 0.15) is 18.0 Å². The molecule has 2 aromatic heterocycles. The zero-order chi connectivity index (χ0) is 17.2. The molecular weight excluding hydrogens is 332 g/mol. The van der Waals surface area contributed by atoms with E-state index in [1.165, 1.54) is 9.75 Å². The van der Waals surface area contributed by atoms with Crippen LogP contribution >= 0.6 is 11.3 Å². The Kier molecular flexibility index (Phi) is 4.70. The van der Waals surface area contributed by atoms with Crippen LogP contribution in [0.4, 0.5) is 0 Å². The van der Waals surface area contributed by atoms with E-state index in [2.05, 4.69) is 28.9 Å². The van der Waals surface area contributed by atoms with Crippen molar-refractivity contribution in [3.63, 3.8) is 0 Å². The molecule has 0 unspecified atom stereocenters. The number of hydrogen-bond donors (Lipinski definition) is 1. The highest BCUT2D eigenvalue weighted by molar-refractivity contribution is 7.11. The Balaban J connectivity index is 1.42. The van der Waals surface area contributed by atoms with Gasteiger partial charge in [-0.15, -0.1) is 11.3 Å². The third-order valence-corrected chi connectivity index (χ3v) is 5.68. The predicted octanol–water partition coefficient (Wildman–Crippen LogP) is 3.62. The van der Waals surface area contributed by atoms with Crippen molar-refractivity contribution in [3.8, 4) is 5.75 Å². The molecule has 3 heterocycles. The number of pyridine rings is 1. The van der Waals surface area contributed by atoms with Crippen LogP contribution in [0.2, 0.25) is 0 Å². The first-order valence-corrected chi connectivity index (χ1v) is 9.46. The number of ether oxygens (including phenoxy) is 1. The summed E-state index contributed by atoms with van der Waals surface area (Å²) in [5, 5.41) is 12.7. The SMILES string of the molecule is Cc1ccc(CN2CC[C@@H](Oc3cccc4cnccc34)[C@H](O)C2)s1. The number of piperidine rings is 1. The summed E-state index contributed by atoms with van der Waals surface area (Å²) in [6, 6.07) is 12.3. The molecule has 5 heteroatoms. The van der Waals surface area contributed by atoms with E-state index in [4.69, 9.17) is 4.74 Å². The van der Waals surface area contributed by atoms with Crippen molar-refractivity contribution in [2.24, 2.45) is 0 Å². The van der Waals surface area contributed by atoms with Crippen LogP contribution in [0.5, 0.6) is 5.75 Å². The fraction of sp³-hybridized carbons (Fsp3) is 0.350. The highest BCUT2D eigenvalue weighted by Crippen LogP contribution is 2.28. The topological polar surface area (TPSA) is 45.6 Å². The average molecular weight is 354 g/mol. The first-order chi connectivity index (χ1) is 12.2. The van der Waals surface area contributed by atoms with Gasteiger partial charge in [0.15, 0.2) is 0 Å². The monoisotopic (exact) mass is 354 g/mol. The molecule has 25 heavy (non-hydrogen) atoms. The lowest BCUT2D eigenvalue weighted by molar-refractivity contribution is -0.0266. The van der Waals surface area contributed by atoms with Crippen LogP contribution in [0.15, 0.2) is 48.8 Å². The largest absolute Gasteiger partial charge is 0.487 e. The molecule has 0 saturated carbocycles. The van der Waals surface area contributed by atoms with E-state index in [9.17, 15) is 5.11 Å². The van der Waals surface area contributed by atoms with Crippen molar-refractivity contribution in [2.75, 3.05) is 13.1 Å². The van der Waals surface area contributed by atoms with Gasteiger partial charge in [0.2, 0.25) is 0 Å². The first kappa shape index (κ1) is 16.5. The molecule has 4 rings (SSSR count).